The van der Waals surface area contributed by atoms with Gasteiger partial charge in [-0.05, 0) is 33.6 Å². The second-order valence-corrected chi connectivity index (χ2v) is 6.37. The van der Waals surface area contributed by atoms with Crippen molar-refractivity contribution in [3.8, 4) is 0 Å². The molecule has 0 aliphatic carbocycles. The molecule has 0 aromatic rings. The van der Waals surface area contributed by atoms with Crippen LogP contribution in [0.4, 0.5) is 0 Å². The lowest BCUT2D eigenvalue weighted by atomic mass is 9.78. The summed E-state index contributed by atoms with van der Waals surface area (Å²) in [6, 6.07) is 0. The summed E-state index contributed by atoms with van der Waals surface area (Å²) in [5, 5.41) is 0. The highest BCUT2D eigenvalue weighted by molar-refractivity contribution is 9.10. The normalized spacial score (nSPS) is 27.0. The van der Waals surface area contributed by atoms with E-state index >= 15 is 0 Å². The highest BCUT2D eigenvalue weighted by atomic mass is 79.9. The first-order valence-electron chi connectivity index (χ1n) is 5.17. The standard InChI is InChI=1S/C10H20BBrO2/c1-7(2)8(12)11-13-9(3,4)10(5,6)14-11/h7-8H,1-6H3/t8-/m1/s1. The highest BCUT2D eigenvalue weighted by Gasteiger charge is 2.53. The first-order chi connectivity index (χ1) is 6.17. The molecule has 0 unspecified atom stereocenters. The molecule has 1 atom stereocenters. The Morgan fingerprint density at radius 2 is 1.36 bits per heavy atom. The van der Waals surface area contributed by atoms with Gasteiger partial charge in [-0.2, -0.15) is 0 Å². The van der Waals surface area contributed by atoms with E-state index in [4.69, 9.17) is 9.31 Å². The van der Waals surface area contributed by atoms with Crippen LogP contribution in [0, 0.1) is 5.92 Å². The van der Waals surface area contributed by atoms with E-state index in [0.29, 0.717) is 5.92 Å². The molecule has 0 amide bonds. The molecule has 1 rings (SSSR count). The van der Waals surface area contributed by atoms with E-state index in [1.807, 2.05) is 0 Å². The van der Waals surface area contributed by atoms with Gasteiger partial charge in [-0.25, -0.2) is 0 Å². The van der Waals surface area contributed by atoms with Crippen molar-refractivity contribution >= 4 is 23.0 Å². The Kier molecular flexibility index (Phi) is 3.40. The summed E-state index contributed by atoms with van der Waals surface area (Å²) in [6.45, 7) is 12.6. The monoisotopic (exact) mass is 262 g/mol. The predicted molar refractivity (Wildman–Crippen MR) is 63.6 cm³/mol. The summed E-state index contributed by atoms with van der Waals surface area (Å²) < 4.78 is 12.1. The number of hydrogen-bond acceptors (Lipinski definition) is 2. The second kappa shape index (κ2) is 3.80. The number of halogens is 1. The van der Waals surface area contributed by atoms with Crippen molar-refractivity contribution in [2.24, 2.45) is 5.92 Å². The predicted octanol–water partition coefficient (Wildman–Crippen LogP) is 3.04. The molecule has 1 saturated heterocycles. The van der Waals surface area contributed by atoms with Gasteiger partial charge in [-0.3, -0.25) is 0 Å². The van der Waals surface area contributed by atoms with Crippen LogP contribution in [0.3, 0.4) is 0 Å². The Balaban J connectivity index is 2.73. The molecule has 0 spiro atoms. The molecule has 1 fully saturated rings. The first-order valence-corrected chi connectivity index (χ1v) is 6.08. The molecule has 0 saturated carbocycles. The van der Waals surface area contributed by atoms with E-state index in [1.165, 1.54) is 0 Å². The van der Waals surface area contributed by atoms with Crippen LogP contribution in [0.25, 0.3) is 0 Å². The lowest BCUT2D eigenvalue weighted by Crippen LogP contribution is -2.41. The Labute approximate surface area is 96.0 Å². The van der Waals surface area contributed by atoms with Gasteiger partial charge >= 0.3 is 7.12 Å². The lowest BCUT2D eigenvalue weighted by molar-refractivity contribution is 0.00578. The van der Waals surface area contributed by atoms with Crippen LogP contribution in [-0.2, 0) is 9.31 Å². The Bertz CT molecular complexity index is 200. The molecule has 2 nitrogen and oxygen atoms in total. The Morgan fingerprint density at radius 3 is 1.64 bits per heavy atom. The third kappa shape index (κ3) is 2.17. The Hall–Kier alpha value is 0.465. The molecular formula is C10H20BBrO2. The third-order valence-electron chi connectivity index (χ3n) is 3.17. The summed E-state index contributed by atoms with van der Waals surface area (Å²) >= 11 is 3.62. The van der Waals surface area contributed by atoms with Crippen LogP contribution < -0.4 is 0 Å². The van der Waals surface area contributed by atoms with Gasteiger partial charge in [-0.15, -0.1) is 0 Å². The van der Waals surface area contributed by atoms with Crippen LogP contribution in [0.1, 0.15) is 41.5 Å². The fourth-order valence-electron chi connectivity index (χ4n) is 1.33. The van der Waals surface area contributed by atoms with E-state index in [9.17, 15) is 0 Å². The largest absolute Gasteiger partial charge is 0.472 e. The number of hydrogen-bond donors (Lipinski definition) is 0. The van der Waals surface area contributed by atoms with Crippen molar-refractivity contribution in [2.45, 2.75) is 57.5 Å². The molecule has 14 heavy (non-hydrogen) atoms. The lowest BCUT2D eigenvalue weighted by Gasteiger charge is -2.32. The van der Waals surface area contributed by atoms with Crippen LogP contribution in [0.5, 0.6) is 0 Å². The van der Waals surface area contributed by atoms with Crippen molar-refractivity contribution in [3.05, 3.63) is 0 Å². The average Bonchev–Trinajstić information content (AvgIpc) is 2.20. The van der Waals surface area contributed by atoms with E-state index in [1.54, 1.807) is 0 Å². The maximum absolute atomic E-state index is 5.92. The molecule has 1 heterocycles. The topological polar surface area (TPSA) is 18.5 Å². The molecule has 4 heteroatoms. The van der Waals surface area contributed by atoms with Gasteiger partial charge in [0.2, 0.25) is 0 Å². The van der Waals surface area contributed by atoms with Crippen LogP contribution >= 0.6 is 15.9 Å². The van der Waals surface area contributed by atoms with Gasteiger partial charge < -0.3 is 9.31 Å². The van der Waals surface area contributed by atoms with Gasteiger partial charge in [0.15, 0.2) is 0 Å². The molecule has 0 aromatic heterocycles. The molecule has 0 radical (unpaired) electrons. The van der Waals surface area contributed by atoms with Gasteiger partial charge in [0.25, 0.3) is 0 Å². The highest BCUT2D eigenvalue weighted by Crippen LogP contribution is 2.39. The van der Waals surface area contributed by atoms with Gasteiger partial charge in [0.05, 0.1) is 15.9 Å². The maximum atomic E-state index is 5.92. The van der Waals surface area contributed by atoms with E-state index in [-0.39, 0.29) is 23.0 Å². The fraction of sp³-hybridized carbons (Fsp3) is 1.00. The van der Waals surface area contributed by atoms with Gasteiger partial charge in [-0.1, -0.05) is 29.8 Å². The average molecular weight is 263 g/mol. The molecule has 0 N–H and O–H groups in total. The minimum atomic E-state index is -0.224. The zero-order chi connectivity index (χ0) is 11.1. The zero-order valence-corrected chi connectivity index (χ0v) is 11.5. The summed E-state index contributed by atoms with van der Waals surface area (Å²) in [5.74, 6) is 0.504. The van der Waals surface area contributed by atoms with Gasteiger partial charge in [0, 0.05) is 0 Å². The Morgan fingerprint density at radius 1 is 1.00 bits per heavy atom. The van der Waals surface area contributed by atoms with E-state index in [2.05, 4.69) is 57.5 Å². The van der Waals surface area contributed by atoms with Gasteiger partial charge in [0.1, 0.15) is 0 Å². The minimum Gasteiger partial charge on any atom is -0.402 e. The maximum Gasteiger partial charge on any atom is 0.472 e. The van der Waals surface area contributed by atoms with Crippen molar-refractivity contribution in [1.29, 1.82) is 0 Å². The van der Waals surface area contributed by atoms with Crippen molar-refractivity contribution in [2.75, 3.05) is 0 Å². The van der Waals surface area contributed by atoms with Crippen molar-refractivity contribution in [1.82, 2.24) is 0 Å². The van der Waals surface area contributed by atoms with Crippen LogP contribution in [0.15, 0.2) is 0 Å². The summed E-state index contributed by atoms with van der Waals surface area (Å²) in [6.07, 6.45) is 0. The van der Waals surface area contributed by atoms with E-state index in [0.717, 1.165) is 0 Å². The summed E-state index contributed by atoms with van der Waals surface area (Å²) in [4.78, 5) is 0. The molecule has 0 aromatic carbocycles. The molecule has 0 bridgehead atoms. The molecule has 82 valence electrons. The second-order valence-electron chi connectivity index (χ2n) is 5.31. The smallest absolute Gasteiger partial charge is 0.402 e. The molecule has 1 aliphatic heterocycles. The quantitative estimate of drug-likeness (QED) is 0.563. The van der Waals surface area contributed by atoms with Crippen molar-refractivity contribution in [3.63, 3.8) is 0 Å². The van der Waals surface area contributed by atoms with Crippen LogP contribution in [-0.4, -0.2) is 23.0 Å². The molecular weight excluding hydrogens is 243 g/mol. The van der Waals surface area contributed by atoms with Crippen LogP contribution in [0.2, 0.25) is 0 Å². The first kappa shape index (κ1) is 12.5. The zero-order valence-electron chi connectivity index (χ0n) is 9.93. The number of alkyl halides is 1. The van der Waals surface area contributed by atoms with Crippen molar-refractivity contribution < 1.29 is 9.31 Å². The van der Waals surface area contributed by atoms with E-state index < -0.39 is 0 Å². The SMILES string of the molecule is CC(C)[C@@H](Br)B1OC(C)(C)C(C)(C)O1. The summed E-state index contributed by atoms with van der Waals surface area (Å²) in [5.41, 5.74) is -0.447. The summed E-state index contributed by atoms with van der Waals surface area (Å²) in [7, 11) is -0.139. The third-order valence-corrected chi connectivity index (χ3v) is 4.66. The minimum absolute atomic E-state index is 0.139. The molecule has 1 aliphatic rings. The fourth-order valence-corrected chi connectivity index (χ4v) is 1.55. The number of rotatable bonds is 2.